The summed E-state index contributed by atoms with van der Waals surface area (Å²) in [4.78, 5) is 2.19. The van der Waals surface area contributed by atoms with Gasteiger partial charge in [0.15, 0.2) is 11.5 Å². The maximum absolute atomic E-state index is 13.2. The summed E-state index contributed by atoms with van der Waals surface area (Å²) in [6.45, 7) is 1.20. The molecule has 128 valence electrons. The van der Waals surface area contributed by atoms with Gasteiger partial charge in [-0.15, -0.1) is 0 Å². The molecule has 24 heavy (non-hydrogen) atoms. The van der Waals surface area contributed by atoms with Gasteiger partial charge in [-0.2, -0.15) is 0 Å². The third-order valence-electron chi connectivity index (χ3n) is 4.49. The first-order valence-corrected chi connectivity index (χ1v) is 7.99. The molecule has 1 saturated heterocycles. The smallest absolute Gasteiger partial charge is 0.165 e. The van der Waals surface area contributed by atoms with Crippen LogP contribution < -0.4 is 9.47 Å². The minimum Gasteiger partial charge on any atom is -0.493 e. The Morgan fingerprint density at radius 2 is 1.88 bits per heavy atom. The fourth-order valence-corrected chi connectivity index (χ4v) is 3.38. The first-order chi connectivity index (χ1) is 11.6. The highest BCUT2D eigenvalue weighted by Crippen LogP contribution is 2.37. The van der Waals surface area contributed by atoms with E-state index < -0.39 is 6.10 Å². The summed E-state index contributed by atoms with van der Waals surface area (Å²) < 4.78 is 24.0. The second kappa shape index (κ2) is 7.20. The number of benzene rings is 2. The van der Waals surface area contributed by atoms with E-state index in [1.54, 1.807) is 26.4 Å². The van der Waals surface area contributed by atoms with Gasteiger partial charge in [0.1, 0.15) is 5.82 Å². The SMILES string of the molecule is COc1cccc(CN2C[C@H](O)C[C@@H]2c2ccc(F)cc2)c1OC. The largest absolute Gasteiger partial charge is 0.493 e. The van der Waals surface area contributed by atoms with Gasteiger partial charge >= 0.3 is 0 Å². The molecule has 0 spiro atoms. The maximum Gasteiger partial charge on any atom is 0.165 e. The van der Waals surface area contributed by atoms with Crippen molar-refractivity contribution in [1.29, 1.82) is 0 Å². The van der Waals surface area contributed by atoms with Gasteiger partial charge in [-0.05, 0) is 30.2 Å². The van der Waals surface area contributed by atoms with Crippen molar-refractivity contribution in [2.75, 3.05) is 20.8 Å². The number of rotatable bonds is 5. The van der Waals surface area contributed by atoms with Crippen LogP contribution in [0.5, 0.6) is 11.5 Å². The first-order valence-electron chi connectivity index (χ1n) is 7.99. The summed E-state index contributed by atoms with van der Waals surface area (Å²) in [7, 11) is 3.24. The van der Waals surface area contributed by atoms with Crippen LogP contribution in [0.15, 0.2) is 42.5 Å². The number of nitrogens with zero attached hydrogens (tertiary/aromatic N) is 1. The van der Waals surface area contributed by atoms with Crippen LogP contribution >= 0.6 is 0 Å². The highest BCUT2D eigenvalue weighted by atomic mass is 19.1. The van der Waals surface area contributed by atoms with E-state index in [9.17, 15) is 9.50 Å². The van der Waals surface area contributed by atoms with Crippen LogP contribution in [-0.4, -0.2) is 36.9 Å². The van der Waals surface area contributed by atoms with Crippen molar-refractivity contribution >= 4 is 0 Å². The van der Waals surface area contributed by atoms with Crippen molar-refractivity contribution in [1.82, 2.24) is 4.90 Å². The van der Waals surface area contributed by atoms with Crippen molar-refractivity contribution in [2.24, 2.45) is 0 Å². The number of halogens is 1. The molecule has 4 nitrogen and oxygen atoms in total. The van der Waals surface area contributed by atoms with E-state index >= 15 is 0 Å². The maximum atomic E-state index is 13.2. The minimum absolute atomic E-state index is 0.0523. The normalized spacial score (nSPS) is 21.0. The van der Waals surface area contributed by atoms with E-state index in [1.165, 1.54) is 12.1 Å². The Labute approximate surface area is 141 Å². The number of para-hydroxylation sites is 1. The number of aliphatic hydroxyl groups excluding tert-OH is 1. The molecule has 1 aliphatic heterocycles. The molecule has 0 bridgehead atoms. The molecule has 1 heterocycles. The van der Waals surface area contributed by atoms with Crippen molar-refractivity contribution in [3.05, 3.63) is 59.4 Å². The summed E-state index contributed by atoms with van der Waals surface area (Å²) in [5.74, 6) is 1.14. The molecule has 0 radical (unpaired) electrons. The summed E-state index contributed by atoms with van der Waals surface area (Å²) in [5, 5.41) is 10.1. The Morgan fingerprint density at radius 3 is 2.54 bits per heavy atom. The van der Waals surface area contributed by atoms with Gasteiger partial charge < -0.3 is 14.6 Å². The molecule has 5 heteroatoms. The van der Waals surface area contributed by atoms with E-state index in [4.69, 9.17) is 9.47 Å². The van der Waals surface area contributed by atoms with Crippen LogP contribution in [0.3, 0.4) is 0 Å². The van der Waals surface area contributed by atoms with Gasteiger partial charge in [0.25, 0.3) is 0 Å². The fraction of sp³-hybridized carbons (Fsp3) is 0.368. The van der Waals surface area contributed by atoms with Gasteiger partial charge in [0, 0.05) is 24.7 Å². The lowest BCUT2D eigenvalue weighted by molar-refractivity contribution is 0.172. The number of hydrogen-bond donors (Lipinski definition) is 1. The quantitative estimate of drug-likeness (QED) is 0.914. The number of β-amino-alcohol motifs (C(OH)–C–C–N with tert-alkyl or cyclic N) is 1. The lowest BCUT2D eigenvalue weighted by atomic mass is 10.0. The van der Waals surface area contributed by atoms with Crippen LogP contribution in [-0.2, 0) is 6.54 Å². The summed E-state index contributed by atoms with van der Waals surface area (Å²) >= 11 is 0. The molecule has 0 unspecified atom stereocenters. The van der Waals surface area contributed by atoms with E-state index in [2.05, 4.69) is 4.90 Å². The van der Waals surface area contributed by atoms with Crippen LogP contribution in [0.25, 0.3) is 0 Å². The number of ether oxygens (including phenoxy) is 2. The molecule has 1 fully saturated rings. The predicted molar refractivity (Wildman–Crippen MR) is 89.7 cm³/mol. The third kappa shape index (κ3) is 3.37. The summed E-state index contributed by atoms with van der Waals surface area (Å²) in [5.41, 5.74) is 2.01. The lowest BCUT2D eigenvalue weighted by Crippen LogP contribution is -2.24. The van der Waals surface area contributed by atoms with Gasteiger partial charge in [-0.25, -0.2) is 4.39 Å². The fourth-order valence-electron chi connectivity index (χ4n) is 3.38. The number of methoxy groups -OCH3 is 2. The minimum atomic E-state index is -0.392. The summed E-state index contributed by atoms with van der Waals surface area (Å²) in [6.07, 6.45) is 0.245. The second-order valence-corrected chi connectivity index (χ2v) is 6.04. The van der Waals surface area contributed by atoms with Crippen LogP contribution in [0.4, 0.5) is 4.39 Å². The Morgan fingerprint density at radius 1 is 1.12 bits per heavy atom. The van der Waals surface area contributed by atoms with Crippen LogP contribution in [0.1, 0.15) is 23.6 Å². The third-order valence-corrected chi connectivity index (χ3v) is 4.49. The van der Waals surface area contributed by atoms with Crippen LogP contribution in [0.2, 0.25) is 0 Å². The van der Waals surface area contributed by atoms with Crippen molar-refractivity contribution in [3.8, 4) is 11.5 Å². The monoisotopic (exact) mass is 331 g/mol. The van der Waals surface area contributed by atoms with E-state index in [1.807, 2.05) is 18.2 Å². The van der Waals surface area contributed by atoms with Gasteiger partial charge in [-0.1, -0.05) is 24.3 Å². The Balaban J connectivity index is 1.86. The van der Waals surface area contributed by atoms with Crippen molar-refractivity contribution in [2.45, 2.75) is 25.1 Å². The molecule has 1 N–H and O–H groups in total. The van der Waals surface area contributed by atoms with Gasteiger partial charge in [-0.3, -0.25) is 4.90 Å². The van der Waals surface area contributed by atoms with Crippen molar-refractivity contribution in [3.63, 3.8) is 0 Å². The zero-order valence-corrected chi connectivity index (χ0v) is 13.9. The van der Waals surface area contributed by atoms with E-state index in [0.717, 1.165) is 11.1 Å². The predicted octanol–water partition coefficient (Wildman–Crippen LogP) is 3.15. The zero-order valence-electron chi connectivity index (χ0n) is 13.9. The van der Waals surface area contributed by atoms with Crippen molar-refractivity contribution < 1.29 is 19.0 Å². The summed E-state index contributed by atoms with van der Waals surface area (Å²) in [6, 6.07) is 12.3. The molecule has 2 atom stereocenters. The topological polar surface area (TPSA) is 41.9 Å². The average molecular weight is 331 g/mol. The molecule has 0 amide bonds. The molecular weight excluding hydrogens is 309 g/mol. The number of aliphatic hydroxyl groups is 1. The van der Waals surface area contributed by atoms with Crippen LogP contribution in [0, 0.1) is 5.82 Å². The second-order valence-electron chi connectivity index (χ2n) is 6.04. The molecule has 3 rings (SSSR count). The standard InChI is InChI=1S/C19H22FNO3/c1-23-18-5-3-4-14(19(18)24-2)11-21-12-16(22)10-17(21)13-6-8-15(20)9-7-13/h3-9,16-17,22H,10-12H2,1-2H3/t16-,17-/m1/s1. The highest BCUT2D eigenvalue weighted by molar-refractivity contribution is 5.46. The molecule has 0 aromatic heterocycles. The number of likely N-dealkylation sites (tertiary alicyclic amines) is 1. The lowest BCUT2D eigenvalue weighted by Gasteiger charge is -2.25. The Hall–Kier alpha value is -2.11. The Kier molecular flexibility index (Phi) is 5.02. The molecule has 1 aliphatic rings. The molecule has 2 aromatic rings. The number of hydrogen-bond acceptors (Lipinski definition) is 4. The van der Waals surface area contributed by atoms with E-state index in [0.29, 0.717) is 31.0 Å². The highest BCUT2D eigenvalue weighted by Gasteiger charge is 2.32. The van der Waals surface area contributed by atoms with E-state index in [-0.39, 0.29) is 11.9 Å². The molecule has 0 saturated carbocycles. The molecule has 0 aliphatic carbocycles. The molecular formula is C19H22FNO3. The average Bonchev–Trinajstić information content (AvgIpc) is 2.95. The Bertz CT molecular complexity index is 690. The van der Waals surface area contributed by atoms with Gasteiger partial charge in [0.2, 0.25) is 0 Å². The van der Waals surface area contributed by atoms with Gasteiger partial charge in [0.05, 0.1) is 20.3 Å². The zero-order chi connectivity index (χ0) is 17.1. The first kappa shape index (κ1) is 16.7. The molecule has 2 aromatic carbocycles.